The number of hydrogen-bond donors (Lipinski definition) is 3. The lowest BCUT2D eigenvalue weighted by Crippen LogP contribution is -2.42. The predicted octanol–water partition coefficient (Wildman–Crippen LogP) is 3.71. The summed E-state index contributed by atoms with van der Waals surface area (Å²) in [4.78, 5) is 19.4. The fraction of sp³-hybridized carbons (Fsp3) is 0.480. The maximum Gasteiger partial charge on any atom is 0.459 e. The van der Waals surface area contributed by atoms with Gasteiger partial charge in [0.15, 0.2) is 5.82 Å². The Morgan fingerprint density at radius 3 is 2.83 bits per heavy atom. The van der Waals surface area contributed by atoms with Crippen LogP contribution in [0.25, 0.3) is 16.0 Å². The van der Waals surface area contributed by atoms with Crippen molar-refractivity contribution >= 4 is 25.1 Å². The van der Waals surface area contributed by atoms with Gasteiger partial charge in [-0.25, -0.2) is 14.1 Å². The van der Waals surface area contributed by atoms with Gasteiger partial charge in [-0.3, -0.25) is 9.32 Å². The number of esters is 1. The highest BCUT2D eigenvalue weighted by Gasteiger charge is 2.55. The Balaban J connectivity index is 1.57. The van der Waals surface area contributed by atoms with Crippen LogP contribution in [0.4, 0.5) is 5.82 Å². The zero-order valence-corrected chi connectivity index (χ0v) is 23.8. The zero-order valence-electron chi connectivity index (χ0n) is 22.9. The molecule has 6 atom stereocenters. The van der Waals surface area contributed by atoms with Gasteiger partial charge in [-0.15, -0.1) is 0 Å². The summed E-state index contributed by atoms with van der Waals surface area (Å²) in [5.41, 5.74) is 14.7. The van der Waals surface area contributed by atoms with E-state index in [4.69, 9.17) is 24.3 Å². The predicted molar refractivity (Wildman–Crippen MR) is 148 cm³/mol. The molecule has 4 rings (SSSR count). The highest BCUT2D eigenvalue weighted by molar-refractivity contribution is 7.52. The number of carbonyl (C=O) groups excluding carboxylic acids is 1. The molecule has 0 aliphatic carbocycles. The monoisotopic (exact) mass is 588 g/mol. The third-order valence-electron chi connectivity index (χ3n) is 6.66. The summed E-state index contributed by atoms with van der Waals surface area (Å²) < 4.78 is 38.1. The lowest BCUT2D eigenvalue weighted by molar-refractivity contribution is -0.145. The first-order chi connectivity index (χ1) is 19.6. The van der Waals surface area contributed by atoms with Crippen molar-refractivity contribution in [2.75, 3.05) is 18.9 Å². The zero-order chi connectivity index (χ0) is 29.6. The topological polar surface area (TPSA) is 208 Å². The van der Waals surface area contributed by atoms with Gasteiger partial charge < -0.3 is 24.8 Å². The number of azide groups is 1. The number of nitrogens with one attached hydrogen (secondary N) is 1. The van der Waals surface area contributed by atoms with Crippen molar-refractivity contribution in [2.45, 2.75) is 63.5 Å². The summed E-state index contributed by atoms with van der Waals surface area (Å²) in [7, 11) is -4.24. The Morgan fingerprint density at radius 2 is 2.12 bits per heavy atom. The number of unbranched alkanes of at least 4 members (excludes halogenated alkanes) is 1. The number of nitrogens with two attached hydrogens (primary N) is 1. The van der Waals surface area contributed by atoms with Crippen LogP contribution in [-0.4, -0.2) is 62.7 Å². The molecule has 0 amide bonds. The second-order valence-electron chi connectivity index (χ2n) is 9.68. The van der Waals surface area contributed by atoms with Gasteiger partial charge in [0, 0.05) is 4.91 Å². The number of aliphatic hydroxyl groups excluding tert-OH is 1. The van der Waals surface area contributed by atoms with E-state index in [1.165, 1.54) is 24.7 Å². The minimum absolute atomic E-state index is 0.219. The molecule has 4 N–H and O–H groups in total. The third kappa shape index (κ3) is 6.62. The number of rotatable bonds is 13. The number of aromatic nitrogens is 3. The van der Waals surface area contributed by atoms with E-state index in [1.807, 2.05) is 6.92 Å². The van der Waals surface area contributed by atoms with Crippen molar-refractivity contribution in [3.05, 3.63) is 64.9 Å². The molecule has 1 aromatic carbocycles. The first-order valence-electron chi connectivity index (χ1n) is 13.0. The molecule has 2 aromatic heterocycles. The van der Waals surface area contributed by atoms with Crippen LogP contribution in [0, 0.1) is 0 Å². The van der Waals surface area contributed by atoms with E-state index < -0.39 is 50.2 Å². The molecule has 1 unspecified atom stereocenters. The van der Waals surface area contributed by atoms with Crippen molar-refractivity contribution in [1.82, 2.24) is 19.7 Å². The lowest BCUT2D eigenvalue weighted by Gasteiger charge is -2.27. The second kappa shape index (κ2) is 12.9. The van der Waals surface area contributed by atoms with Crippen LogP contribution in [0.3, 0.4) is 0 Å². The number of ether oxygens (including phenoxy) is 2. The smallest absolute Gasteiger partial charge is 0.459 e. The van der Waals surface area contributed by atoms with Gasteiger partial charge >= 0.3 is 13.7 Å². The quantitative estimate of drug-likeness (QED) is 0.0654. The maximum absolute atomic E-state index is 13.9. The Kier molecular flexibility index (Phi) is 9.49. The van der Waals surface area contributed by atoms with E-state index in [0.717, 1.165) is 6.42 Å². The number of carbonyl (C=O) groups is 1. The number of hydrogen-bond acceptors (Lipinski definition) is 11. The molecule has 220 valence electrons. The Hall–Kier alpha value is -3.71. The van der Waals surface area contributed by atoms with Crippen LogP contribution in [0.2, 0.25) is 0 Å². The van der Waals surface area contributed by atoms with E-state index in [9.17, 15) is 20.0 Å². The molecular weight excluding hydrogens is 555 g/mol. The number of aliphatic hydroxyl groups is 1. The van der Waals surface area contributed by atoms with Crippen LogP contribution >= 0.6 is 7.75 Å². The molecule has 1 fully saturated rings. The third-order valence-corrected chi connectivity index (χ3v) is 8.30. The van der Waals surface area contributed by atoms with Crippen LogP contribution in [0.5, 0.6) is 5.75 Å². The minimum Gasteiger partial charge on any atom is -0.465 e. The van der Waals surface area contributed by atoms with Crippen LogP contribution in [0.1, 0.15) is 45.4 Å². The van der Waals surface area contributed by atoms with Gasteiger partial charge in [-0.2, -0.15) is 10.2 Å². The normalized spacial score (nSPS) is 24.3. The van der Waals surface area contributed by atoms with Crippen molar-refractivity contribution in [3.63, 3.8) is 0 Å². The summed E-state index contributed by atoms with van der Waals surface area (Å²) in [5.74, 6) is -0.187. The molecule has 0 spiro atoms. The van der Waals surface area contributed by atoms with Gasteiger partial charge in [0.25, 0.3) is 0 Å². The summed E-state index contributed by atoms with van der Waals surface area (Å²) >= 11 is 0. The molecule has 15 nitrogen and oxygen atoms in total. The summed E-state index contributed by atoms with van der Waals surface area (Å²) in [6.45, 7) is 4.73. The molecule has 0 radical (unpaired) electrons. The average molecular weight is 589 g/mol. The van der Waals surface area contributed by atoms with E-state index in [2.05, 4.69) is 25.2 Å². The summed E-state index contributed by atoms with van der Waals surface area (Å²) in [6, 6.07) is 10.6. The van der Waals surface area contributed by atoms with Crippen LogP contribution in [0.15, 0.2) is 53.9 Å². The SMILES string of the molecule is CCCCOC(=O)[C@H](C)NP(=O)(OC[C@H]1O[C@@H](c2ccc3c(N)ncnn23)[C@](C)(N=[N+]=[N-])[C@@H]1O)Oc1ccccc1. The van der Waals surface area contributed by atoms with Crippen molar-refractivity contribution < 1.29 is 33.0 Å². The highest BCUT2D eigenvalue weighted by Crippen LogP contribution is 2.49. The molecule has 1 aliphatic heterocycles. The lowest BCUT2D eigenvalue weighted by atomic mass is 9.88. The van der Waals surface area contributed by atoms with Crippen molar-refractivity contribution in [1.29, 1.82) is 0 Å². The molecule has 0 saturated carbocycles. The number of para-hydroxylation sites is 1. The number of fused-ring (bicyclic) bond motifs is 1. The Bertz CT molecular complexity index is 1450. The number of benzene rings is 1. The molecule has 41 heavy (non-hydrogen) atoms. The largest absolute Gasteiger partial charge is 0.465 e. The number of anilines is 1. The maximum atomic E-state index is 13.9. The van der Waals surface area contributed by atoms with Gasteiger partial charge in [-0.05, 0) is 50.1 Å². The standard InChI is InChI=1S/C25H33N8O7P/c1-4-5-13-37-24(35)16(2)30-41(36,40-17-9-7-6-8-10-17)38-14-20-21(34)25(3,31-32-27)22(39-20)18-11-12-19-23(26)28-15-29-33(18)19/h6-12,15-16,20-22,34H,4-5,13-14H2,1-3H3,(H,30,36)(H2,26,28,29)/t16-,20+,21+,22-,25+,41?/m0/s1. The van der Waals surface area contributed by atoms with Crippen molar-refractivity contribution in [2.24, 2.45) is 5.11 Å². The minimum atomic E-state index is -4.24. The molecular formula is C25H33N8O7P. The Labute approximate surface area is 236 Å². The average Bonchev–Trinajstić information content (AvgIpc) is 3.48. The van der Waals surface area contributed by atoms with E-state index in [0.29, 0.717) is 17.6 Å². The Morgan fingerprint density at radius 1 is 1.37 bits per heavy atom. The first-order valence-corrected chi connectivity index (χ1v) is 14.6. The molecule has 3 aromatic rings. The van der Waals surface area contributed by atoms with Gasteiger partial charge in [0.05, 0.1) is 25.0 Å². The molecule has 1 saturated heterocycles. The summed E-state index contributed by atoms with van der Waals surface area (Å²) in [5, 5.41) is 21.9. The summed E-state index contributed by atoms with van der Waals surface area (Å²) in [6.07, 6.45) is -0.720. The van der Waals surface area contributed by atoms with Crippen LogP contribution in [-0.2, 0) is 23.4 Å². The van der Waals surface area contributed by atoms with E-state index in [-0.39, 0.29) is 18.2 Å². The van der Waals surface area contributed by atoms with E-state index >= 15 is 0 Å². The molecule has 1 aliphatic rings. The molecule has 0 bridgehead atoms. The van der Waals surface area contributed by atoms with Crippen LogP contribution < -0.4 is 15.3 Å². The second-order valence-corrected chi connectivity index (χ2v) is 11.4. The van der Waals surface area contributed by atoms with Gasteiger partial charge in [0.1, 0.15) is 41.4 Å². The van der Waals surface area contributed by atoms with Gasteiger partial charge in [-0.1, -0.05) is 36.7 Å². The van der Waals surface area contributed by atoms with Gasteiger partial charge in [0.2, 0.25) is 0 Å². The fourth-order valence-electron chi connectivity index (χ4n) is 4.41. The fourth-order valence-corrected chi connectivity index (χ4v) is 5.91. The van der Waals surface area contributed by atoms with Crippen molar-refractivity contribution in [3.8, 4) is 5.75 Å². The molecule has 16 heteroatoms. The van der Waals surface area contributed by atoms with E-state index in [1.54, 1.807) is 42.5 Å². The highest BCUT2D eigenvalue weighted by atomic mass is 31.2. The first kappa shape index (κ1) is 30.3. The number of nitrogens with zero attached hydrogens (tertiary/aromatic N) is 6. The molecule has 3 heterocycles. The number of nitrogen functional groups attached to an aromatic ring is 1.